The van der Waals surface area contributed by atoms with Crippen molar-refractivity contribution in [3.63, 3.8) is 0 Å². The number of rotatable bonds is 7. The predicted octanol–water partition coefficient (Wildman–Crippen LogP) is 2.01. The number of ether oxygens (including phenoxy) is 2. The third kappa shape index (κ3) is 4.94. The number of hydrogen-bond acceptors (Lipinski definition) is 5. The first kappa shape index (κ1) is 18.8. The number of sulfonamides is 1. The molecule has 8 heteroatoms. The second kappa shape index (κ2) is 8.00. The van der Waals surface area contributed by atoms with Gasteiger partial charge in [-0.3, -0.25) is 4.79 Å². The summed E-state index contributed by atoms with van der Waals surface area (Å²) in [5.74, 6) is 0.650. The summed E-state index contributed by atoms with van der Waals surface area (Å²) in [5.41, 5.74) is 0.514. The summed E-state index contributed by atoms with van der Waals surface area (Å²) < 4.78 is 37.1. The molecule has 0 bridgehead atoms. The molecule has 2 N–H and O–H groups in total. The number of benzene rings is 2. The summed E-state index contributed by atoms with van der Waals surface area (Å²) >= 11 is 0. The molecular weight excluding hydrogens is 344 g/mol. The van der Waals surface area contributed by atoms with Gasteiger partial charge in [0, 0.05) is 11.8 Å². The van der Waals surface area contributed by atoms with Crippen LogP contribution < -0.4 is 19.5 Å². The van der Waals surface area contributed by atoms with Crippen LogP contribution in [0.5, 0.6) is 11.5 Å². The highest BCUT2D eigenvalue weighted by atomic mass is 32.2. The van der Waals surface area contributed by atoms with Crippen molar-refractivity contribution in [1.29, 1.82) is 0 Å². The van der Waals surface area contributed by atoms with Gasteiger partial charge < -0.3 is 14.8 Å². The van der Waals surface area contributed by atoms with E-state index in [-0.39, 0.29) is 4.90 Å². The minimum Gasteiger partial charge on any atom is -0.497 e. The molecule has 0 aromatic heterocycles. The lowest BCUT2D eigenvalue weighted by molar-refractivity contribution is -0.117. The first-order valence-corrected chi connectivity index (χ1v) is 8.95. The number of anilines is 1. The molecule has 7 nitrogen and oxygen atoms in total. The molecule has 1 atom stereocenters. The van der Waals surface area contributed by atoms with E-state index < -0.39 is 22.0 Å². The molecule has 0 aliphatic rings. The van der Waals surface area contributed by atoms with Crippen LogP contribution >= 0.6 is 0 Å². The fourth-order valence-corrected chi connectivity index (χ4v) is 3.26. The van der Waals surface area contributed by atoms with E-state index in [1.807, 2.05) is 0 Å². The maximum absolute atomic E-state index is 12.3. The Labute approximate surface area is 147 Å². The van der Waals surface area contributed by atoms with E-state index in [1.165, 1.54) is 45.4 Å². The molecule has 0 radical (unpaired) electrons. The number of carbonyl (C=O) groups excluding carboxylic acids is 1. The van der Waals surface area contributed by atoms with Crippen molar-refractivity contribution in [2.24, 2.45) is 0 Å². The van der Waals surface area contributed by atoms with E-state index in [1.54, 1.807) is 24.3 Å². The molecule has 0 saturated carbocycles. The van der Waals surface area contributed by atoms with Crippen molar-refractivity contribution in [2.75, 3.05) is 19.5 Å². The van der Waals surface area contributed by atoms with E-state index in [0.717, 1.165) is 0 Å². The number of amides is 1. The lowest BCUT2D eigenvalue weighted by atomic mass is 10.2. The summed E-state index contributed by atoms with van der Waals surface area (Å²) in [6.45, 7) is 1.47. The first-order chi connectivity index (χ1) is 11.9. The van der Waals surface area contributed by atoms with E-state index in [0.29, 0.717) is 17.2 Å². The van der Waals surface area contributed by atoms with Gasteiger partial charge in [0.2, 0.25) is 15.9 Å². The highest BCUT2D eigenvalue weighted by Crippen LogP contribution is 2.18. The van der Waals surface area contributed by atoms with Crippen LogP contribution in [0, 0.1) is 0 Å². The maximum Gasteiger partial charge on any atom is 0.242 e. The largest absolute Gasteiger partial charge is 0.497 e. The Morgan fingerprint density at radius 2 is 1.64 bits per heavy atom. The van der Waals surface area contributed by atoms with Crippen LogP contribution in [0.2, 0.25) is 0 Å². The van der Waals surface area contributed by atoms with Gasteiger partial charge in [0.25, 0.3) is 0 Å². The third-order valence-electron chi connectivity index (χ3n) is 3.43. The SMILES string of the molecule is COc1ccc(S(=O)(=O)NC(C)C(=O)Nc2cccc(OC)c2)cc1. The number of nitrogens with one attached hydrogen (secondary N) is 2. The highest BCUT2D eigenvalue weighted by molar-refractivity contribution is 7.89. The molecule has 0 aliphatic heterocycles. The average molecular weight is 364 g/mol. The van der Waals surface area contributed by atoms with Gasteiger partial charge in [-0.25, -0.2) is 8.42 Å². The standard InChI is InChI=1S/C17H20N2O5S/c1-12(17(20)18-13-5-4-6-15(11-13)24-3)19-25(21,22)16-9-7-14(23-2)8-10-16/h4-12,19H,1-3H3,(H,18,20). The normalized spacial score (nSPS) is 12.3. The smallest absolute Gasteiger partial charge is 0.242 e. The number of methoxy groups -OCH3 is 2. The molecular formula is C17H20N2O5S. The Hall–Kier alpha value is -2.58. The zero-order valence-corrected chi connectivity index (χ0v) is 15.0. The Bertz CT molecular complexity index is 834. The molecule has 25 heavy (non-hydrogen) atoms. The molecule has 0 fully saturated rings. The maximum atomic E-state index is 12.3. The Balaban J connectivity index is 2.05. The van der Waals surface area contributed by atoms with Crippen LogP contribution in [0.4, 0.5) is 5.69 Å². The summed E-state index contributed by atoms with van der Waals surface area (Å²) in [4.78, 5) is 12.3. The lowest BCUT2D eigenvalue weighted by Crippen LogP contribution is -2.41. The molecule has 134 valence electrons. The van der Waals surface area contributed by atoms with Gasteiger partial charge in [-0.15, -0.1) is 0 Å². The second-order valence-electron chi connectivity index (χ2n) is 5.24. The molecule has 2 rings (SSSR count). The van der Waals surface area contributed by atoms with Crippen molar-refractivity contribution in [3.8, 4) is 11.5 Å². The minimum atomic E-state index is -3.83. The molecule has 1 unspecified atom stereocenters. The van der Waals surface area contributed by atoms with Gasteiger partial charge in [-0.2, -0.15) is 4.72 Å². The molecule has 2 aromatic carbocycles. The van der Waals surface area contributed by atoms with Gasteiger partial charge in [0.15, 0.2) is 0 Å². The molecule has 0 heterocycles. The molecule has 0 saturated heterocycles. The predicted molar refractivity (Wildman–Crippen MR) is 94.4 cm³/mol. The topological polar surface area (TPSA) is 93.7 Å². The summed E-state index contributed by atoms with van der Waals surface area (Å²) in [7, 11) is -0.813. The Morgan fingerprint density at radius 1 is 1.00 bits per heavy atom. The first-order valence-electron chi connectivity index (χ1n) is 7.47. The molecule has 0 aliphatic carbocycles. The Morgan fingerprint density at radius 3 is 2.24 bits per heavy atom. The molecule has 2 aromatic rings. The van der Waals surface area contributed by atoms with Crippen LogP contribution in [0.1, 0.15) is 6.92 Å². The van der Waals surface area contributed by atoms with Crippen molar-refractivity contribution >= 4 is 21.6 Å². The summed E-state index contributed by atoms with van der Waals surface area (Å²) in [5, 5.41) is 2.64. The monoisotopic (exact) mass is 364 g/mol. The van der Waals surface area contributed by atoms with Crippen LogP contribution in [0.15, 0.2) is 53.4 Å². The zero-order chi connectivity index (χ0) is 18.4. The van der Waals surface area contributed by atoms with Crippen molar-refractivity contribution in [2.45, 2.75) is 17.9 Å². The quantitative estimate of drug-likeness (QED) is 0.784. The number of carbonyl (C=O) groups is 1. The van der Waals surface area contributed by atoms with Gasteiger partial charge >= 0.3 is 0 Å². The van der Waals surface area contributed by atoms with E-state index >= 15 is 0 Å². The fraction of sp³-hybridized carbons (Fsp3) is 0.235. The van der Waals surface area contributed by atoms with Crippen LogP contribution in [-0.2, 0) is 14.8 Å². The molecule has 0 spiro atoms. The third-order valence-corrected chi connectivity index (χ3v) is 4.99. The second-order valence-corrected chi connectivity index (χ2v) is 6.95. The van der Waals surface area contributed by atoms with Crippen molar-refractivity contribution < 1.29 is 22.7 Å². The lowest BCUT2D eigenvalue weighted by Gasteiger charge is -2.15. The molecule has 1 amide bonds. The van der Waals surface area contributed by atoms with Gasteiger partial charge in [0.05, 0.1) is 25.2 Å². The van der Waals surface area contributed by atoms with Gasteiger partial charge in [-0.1, -0.05) is 6.07 Å². The zero-order valence-electron chi connectivity index (χ0n) is 14.1. The fourth-order valence-electron chi connectivity index (χ4n) is 2.06. The van der Waals surface area contributed by atoms with Gasteiger partial charge in [-0.05, 0) is 43.3 Å². The van der Waals surface area contributed by atoms with Crippen LogP contribution in [0.25, 0.3) is 0 Å². The Kier molecular flexibility index (Phi) is 6.00. The van der Waals surface area contributed by atoms with E-state index in [9.17, 15) is 13.2 Å². The highest BCUT2D eigenvalue weighted by Gasteiger charge is 2.22. The summed E-state index contributed by atoms with van der Waals surface area (Å²) in [6.07, 6.45) is 0. The minimum absolute atomic E-state index is 0.0503. The number of hydrogen-bond donors (Lipinski definition) is 2. The van der Waals surface area contributed by atoms with Crippen LogP contribution in [0.3, 0.4) is 0 Å². The summed E-state index contributed by atoms with van der Waals surface area (Å²) in [6, 6.07) is 11.7. The van der Waals surface area contributed by atoms with Crippen molar-refractivity contribution in [3.05, 3.63) is 48.5 Å². The van der Waals surface area contributed by atoms with Crippen molar-refractivity contribution in [1.82, 2.24) is 4.72 Å². The van der Waals surface area contributed by atoms with Crippen LogP contribution in [-0.4, -0.2) is 34.6 Å². The average Bonchev–Trinajstić information content (AvgIpc) is 2.61. The van der Waals surface area contributed by atoms with E-state index in [2.05, 4.69) is 10.0 Å². The van der Waals surface area contributed by atoms with Gasteiger partial charge in [0.1, 0.15) is 11.5 Å². The van der Waals surface area contributed by atoms with E-state index in [4.69, 9.17) is 9.47 Å².